The maximum absolute atomic E-state index is 13.6. The van der Waals surface area contributed by atoms with E-state index in [1.54, 1.807) is 6.07 Å². The third-order valence-corrected chi connectivity index (χ3v) is 2.39. The number of tetrazole rings is 1. The number of benzene rings is 1. The number of hydrogen-bond donors (Lipinski definition) is 2. The molecule has 0 amide bonds. The first kappa shape index (κ1) is 14.4. The summed E-state index contributed by atoms with van der Waals surface area (Å²) in [5, 5.41) is 23.3. The highest BCUT2D eigenvalue weighted by atomic mass is 19.4. The van der Waals surface area contributed by atoms with Crippen LogP contribution in [0.1, 0.15) is 11.4 Å². The molecule has 1 aromatic carbocycles. The second-order valence-electron chi connectivity index (χ2n) is 3.71. The lowest BCUT2D eigenvalue weighted by molar-refractivity contribution is -0.137. The van der Waals surface area contributed by atoms with Crippen LogP contribution >= 0.6 is 0 Å². The van der Waals surface area contributed by atoms with Crippen LogP contribution in [0.15, 0.2) is 24.4 Å². The summed E-state index contributed by atoms with van der Waals surface area (Å²) in [4.78, 5) is 0. The van der Waals surface area contributed by atoms with Gasteiger partial charge >= 0.3 is 6.18 Å². The average molecular weight is 298 g/mol. The summed E-state index contributed by atoms with van der Waals surface area (Å²) in [5.74, 6) is -1.23. The average Bonchev–Trinajstić information content (AvgIpc) is 2.93. The molecule has 2 aromatic rings. The Bertz CT molecular complexity index is 698. The van der Waals surface area contributed by atoms with Crippen LogP contribution in [0, 0.1) is 17.1 Å². The molecule has 1 heterocycles. The summed E-state index contributed by atoms with van der Waals surface area (Å²) in [6.07, 6.45) is -3.87. The molecule has 0 bridgehead atoms. The predicted molar refractivity (Wildman–Crippen MR) is 62.8 cm³/mol. The standard InChI is InChI=1S/C11H6F4N6/c12-8-3-1-2-7(11(13,14)15)9(8)17-5-6(4-16)10-18-20-21-19-10/h1-3,5,17H,(H,18,19,20,21). The Morgan fingerprint density at radius 2 is 2.14 bits per heavy atom. The highest BCUT2D eigenvalue weighted by Gasteiger charge is 2.34. The van der Waals surface area contributed by atoms with E-state index in [-0.39, 0.29) is 11.4 Å². The quantitative estimate of drug-likeness (QED) is 0.670. The molecule has 108 valence electrons. The van der Waals surface area contributed by atoms with Gasteiger partial charge in [-0.3, -0.25) is 0 Å². The van der Waals surface area contributed by atoms with Crippen LogP contribution < -0.4 is 5.32 Å². The van der Waals surface area contributed by atoms with Gasteiger partial charge in [0.05, 0.1) is 11.3 Å². The minimum atomic E-state index is -4.74. The van der Waals surface area contributed by atoms with Gasteiger partial charge in [0.15, 0.2) is 0 Å². The molecule has 2 rings (SSSR count). The van der Waals surface area contributed by atoms with E-state index >= 15 is 0 Å². The molecule has 0 aliphatic carbocycles. The fourth-order valence-corrected chi connectivity index (χ4v) is 1.47. The smallest absolute Gasteiger partial charge is 0.357 e. The third-order valence-electron chi connectivity index (χ3n) is 2.39. The zero-order chi connectivity index (χ0) is 15.5. The monoisotopic (exact) mass is 298 g/mol. The number of halogens is 4. The third kappa shape index (κ3) is 3.14. The maximum atomic E-state index is 13.6. The van der Waals surface area contributed by atoms with Gasteiger partial charge in [-0.25, -0.2) is 4.39 Å². The lowest BCUT2D eigenvalue weighted by Gasteiger charge is -2.13. The molecule has 0 saturated heterocycles. The number of aromatic amines is 1. The van der Waals surface area contributed by atoms with Gasteiger partial charge in [-0.15, -0.1) is 10.2 Å². The summed E-state index contributed by atoms with van der Waals surface area (Å²) in [6, 6.07) is 4.19. The zero-order valence-corrected chi connectivity index (χ0v) is 10.1. The van der Waals surface area contributed by atoms with E-state index in [1.807, 2.05) is 0 Å². The van der Waals surface area contributed by atoms with E-state index in [4.69, 9.17) is 5.26 Å². The van der Waals surface area contributed by atoms with Crippen LogP contribution in [-0.2, 0) is 6.18 Å². The van der Waals surface area contributed by atoms with E-state index in [1.165, 1.54) is 0 Å². The van der Waals surface area contributed by atoms with Crippen molar-refractivity contribution in [2.24, 2.45) is 0 Å². The molecule has 0 radical (unpaired) electrons. The number of nitriles is 1. The molecule has 0 aliphatic heterocycles. The van der Waals surface area contributed by atoms with Gasteiger partial charge in [0.25, 0.3) is 0 Å². The Morgan fingerprint density at radius 3 is 2.71 bits per heavy atom. The largest absolute Gasteiger partial charge is 0.418 e. The second-order valence-corrected chi connectivity index (χ2v) is 3.71. The number of aromatic nitrogens is 4. The first-order valence-electron chi connectivity index (χ1n) is 5.40. The number of anilines is 1. The Morgan fingerprint density at radius 1 is 1.38 bits per heavy atom. The number of rotatable bonds is 3. The van der Waals surface area contributed by atoms with Crippen molar-refractivity contribution in [3.63, 3.8) is 0 Å². The van der Waals surface area contributed by atoms with Gasteiger partial charge < -0.3 is 5.32 Å². The second kappa shape index (κ2) is 5.58. The summed E-state index contributed by atoms with van der Waals surface area (Å²) in [7, 11) is 0. The van der Waals surface area contributed by atoms with Crippen LogP contribution in [0.5, 0.6) is 0 Å². The first-order chi connectivity index (χ1) is 9.93. The van der Waals surface area contributed by atoms with Crippen LogP contribution in [0.25, 0.3) is 5.57 Å². The number of allylic oxidation sites excluding steroid dienone is 1. The van der Waals surface area contributed by atoms with E-state index in [2.05, 4.69) is 25.9 Å². The SMILES string of the molecule is N#CC(=CNc1c(F)cccc1C(F)(F)F)c1nn[nH]n1. The van der Waals surface area contributed by atoms with Crippen molar-refractivity contribution in [1.29, 1.82) is 5.26 Å². The minimum Gasteiger partial charge on any atom is -0.357 e. The van der Waals surface area contributed by atoms with E-state index in [0.29, 0.717) is 0 Å². The molecule has 0 fully saturated rings. The van der Waals surface area contributed by atoms with Gasteiger partial charge in [0.2, 0.25) is 5.82 Å². The molecule has 0 spiro atoms. The van der Waals surface area contributed by atoms with Gasteiger partial charge in [0.1, 0.15) is 17.5 Å². The molecule has 0 unspecified atom stereocenters. The minimum absolute atomic E-state index is 0.130. The van der Waals surface area contributed by atoms with Crippen molar-refractivity contribution in [3.05, 3.63) is 41.6 Å². The molecule has 0 saturated carbocycles. The van der Waals surface area contributed by atoms with E-state index in [9.17, 15) is 17.6 Å². The fraction of sp³-hybridized carbons (Fsp3) is 0.0909. The Hall–Kier alpha value is -2.96. The van der Waals surface area contributed by atoms with Crippen molar-refractivity contribution in [2.45, 2.75) is 6.18 Å². The number of H-pyrrole nitrogens is 1. The van der Waals surface area contributed by atoms with Crippen molar-refractivity contribution in [2.75, 3.05) is 5.32 Å². The normalized spacial score (nSPS) is 12.0. The van der Waals surface area contributed by atoms with E-state index < -0.39 is 23.2 Å². The molecule has 0 atom stereocenters. The summed E-state index contributed by atoms with van der Waals surface area (Å²) >= 11 is 0. The zero-order valence-electron chi connectivity index (χ0n) is 10.1. The number of nitrogens with zero attached hydrogens (tertiary/aromatic N) is 4. The number of alkyl halides is 3. The molecular formula is C11H6F4N6. The molecule has 1 aromatic heterocycles. The Kier molecular flexibility index (Phi) is 3.84. The predicted octanol–water partition coefficient (Wildman–Crippen LogP) is 2.33. The molecular weight excluding hydrogens is 292 g/mol. The van der Waals surface area contributed by atoms with Crippen LogP contribution in [-0.4, -0.2) is 20.6 Å². The molecule has 6 nitrogen and oxygen atoms in total. The van der Waals surface area contributed by atoms with Crippen molar-refractivity contribution in [1.82, 2.24) is 20.6 Å². The lowest BCUT2D eigenvalue weighted by Crippen LogP contribution is -2.10. The topological polar surface area (TPSA) is 90.3 Å². The fourth-order valence-electron chi connectivity index (χ4n) is 1.47. The van der Waals surface area contributed by atoms with Crippen molar-refractivity contribution < 1.29 is 17.6 Å². The Labute approximate surface area is 115 Å². The van der Waals surface area contributed by atoms with Gasteiger partial charge in [-0.1, -0.05) is 6.07 Å². The van der Waals surface area contributed by atoms with Crippen LogP contribution in [0.3, 0.4) is 0 Å². The summed E-state index contributed by atoms with van der Waals surface area (Å²) in [5.41, 5.74) is -2.19. The molecule has 2 N–H and O–H groups in total. The number of nitrogens with one attached hydrogen (secondary N) is 2. The highest BCUT2D eigenvalue weighted by molar-refractivity contribution is 5.74. The molecule has 0 aliphatic rings. The van der Waals surface area contributed by atoms with Gasteiger partial charge in [0, 0.05) is 6.20 Å². The lowest BCUT2D eigenvalue weighted by atomic mass is 10.1. The summed E-state index contributed by atoms with van der Waals surface area (Å²) in [6.45, 7) is 0. The highest BCUT2D eigenvalue weighted by Crippen LogP contribution is 2.36. The van der Waals surface area contributed by atoms with Crippen LogP contribution in [0.4, 0.5) is 23.2 Å². The van der Waals surface area contributed by atoms with Crippen LogP contribution in [0.2, 0.25) is 0 Å². The number of hydrogen-bond acceptors (Lipinski definition) is 5. The van der Waals surface area contributed by atoms with E-state index in [0.717, 1.165) is 24.4 Å². The van der Waals surface area contributed by atoms with Crippen molar-refractivity contribution in [3.8, 4) is 6.07 Å². The Balaban J connectivity index is 2.39. The molecule has 21 heavy (non-hydrogen) atoms. The summed E-state index contributed by atoms with van der Waals surface area (Å²) < 4.78 is 51.9. The van der Waals surface area contributed by atoms with Gasteiger partial charge in [-0.2, -0.15) is 23.6 Å². The number of para-hydroxylation sites is 1. The first-order valence-corrected chi connectivity index (χ1v) is 5.40. The maximum Gasteiger partial charge on any atom is 0.418 e. The van der Waals surface area contributed by atoms with Crippen molar-refractivity contribution >= 4 is 11.3 Å². The van der Waals surface area contributed by atoms with Gasteiger partial charge in [-0.05, 0) is 17.3 Å². The molecule has 10 heteroatoms.